The Balaban J connectivity index is 1.95. The zero-order valence-corrected chi connectivity index (χ0v) is 11.3. The highest BCUT2D eigenvalue weighted by Crippen LogP contribution is 2.36. The van der Waals surface area contributed by atoms with E-state index >= 15 is 0 Å². The predicted octanol–water partition coefficient (Wildman–Crippen LogP) is 3.49. The topological polar surface area (TPSA) is 29.1 Å². The molecular formula is C12H13BrClNO. The molecule has 1 saturated carbocycles. The van der Waals surface area contributed by atoms with Gasteiger partial charge in [-0.15, -0.1) is 0 Å². The lowest BCUT2D eigenvalue weighted by atomic mass is 10.2. The lowest BCUT2D eigenvalue weighted by Gasteiger charge is -2.05. The Morgan fingerprint density at radius 3 is 2.88 bits per heavy atom. The number of nitrogens with one attached hydrogen (secondary N) is 1. The normalized spacial score (nSPS) is 22.9. The van der Waals surface area contributed by atoms with Crippen LogP contribution in [0.25, 0.3) is 0 Å². The van der Waals surface area contributed by atoms with Gasteiger partial charge in [-0.25, -0.2) is 0 Å². The monoisotopic (exact) mass is 301 g/mol. The zero-order valence-electron chi connectivity index (χ0n) is 8.97. The van der Waals surface area contributed by atoms with Gasteiger partial charge < -0.3 is 5.32 Å². The number of halogens is 2. The number of carbonyl (C=O) groups is 1. The van der Waals surface area contributed by atoms with Gasteiger partial charge in [0.15, 0.2) is 0 Å². The number of hydrogen-bond donors (Lipinski definition) is 1. The fraction of sp³-hybridized carbons (Fsp3) is 0.417. The number of amides is 1. The van der Waals surface area contributed by atoms with E-state index in [9.17, 15) is 4.79 Å². The molecule has 1 amide bonds. The van der Waals surface area contributed by atoms with E-state index in [2.05, 4.69) is 28.2 Å². The van der Waals surface area contributed by atoms with Crippen LogP contribution in [0.5, 0.6) is 0 Å². The van der Waals surface area contributed by atoms with E-state index in [0.29, 0.717) is 16.5 Å². The minimum Gasteiger partial charge on any atom is -0.352 e. The van der Waals surface area contributed by atoms with Crippen molar-refractivity contribution in [3.8, 4) is 0 Å². The lowest BCUT2D eigenvalue weighted by molar-refractivity contribution is 0.0951. The van der Waals surface area contributed by atoms with Crippen LogP contribution < -0.4 is 5.32 Å². The van der Waals surface area contributed by atoms with E-state index in [1.54, 1.807) is 18.2 Å². The van der Waals surface area contributed by atoms with Crippen molar-refractivity contribution in [1.29, 1.82) is 0 Å². The van der Waals surface area contributed by atoms with Gasteiger partial charge in [-0.1, -0.05) is 18.5 Å². The molecule has 0 heterocycles. The van der Waals surface area contributed by atoms with Crippen molar-refractivity contribution in [2.24, 2.45) is 11.8 Å². The predicted molar refractivity (Wildman–Crippen MR) is 68.8 cm³/mol. The third kappa shape index (κ3) is 2.77. The first-order valence-electron chi connectivity index (χ1n) is 5.31. The second-order valence-electron chi connectivity index (χ2n) is 4.31. The fourth-order valence-corrected chi connectivity index (χ4v) is 2.14. The number of carbonyl (C=O) groups excluding carboxylic acids is 1. The minimum atomic E-state index is -0.0310. The summed E-state index contributed by atoms with van der Waals surface area (Å²) in [5.41, 5.74) is 0.643. The van der Waals surface area contributed by atoms with Crippen LogP contribution in [0.2, 0.25) is 5.02 Å². The molecule has 1 fully saturated rings. The number of benzene rings is 1. The molecule has 0 bridgehead atoms. The quantitative estimate of drug-likeness (QED) is 0.910. The Bertz CT molecular complexity index is 421. The van der Waals surface area contributed by atoms with Crippen LogP contribution >= 0.6 is 27.5 Å². The first kappa shape index (κ1) is 11.9. The van der Waals surface area contributed by atoms with Crippen molar-refractivity contribution >= 4 is 33.4 Å². The maximum Gasteiger partial charge on any atom is 0.251 e. The second-order valence-corrected chi connectivity index (χ2v) is 5.57. The second kappa shape index (κ2) is 4.76. The van der Waals surface area contributed by atoms with Crippen molar-refractivity contribution in [2.45, 2.75) is 13.3 Å². The van der Waals surface area contributed by atoms with Gasteiger partial charge in [0.05, 0.1) is 5.02 Å². The zero-order chi connectivity index (χ0) is 11.7. The highest BCUT2D eigenvalue weighted by Gasteiger charge is 2.32. The molecule has 1 aliphatic rings. The maximum atomic E-state index is 11.8. The molecule has 2 atom stereocenters. The van der Waals surface area contributed by atoms with E-state index in [1.807, 2.05) is 0 Å². The van der Waals surface area contributed by atoms with Crippen molar-refractivity contribution in [1.82, 2.24) is 5.32 Å². The molecule has 1 aromatic carbocycles. The molecule has 0 aliphatic heterocycles. The Kier molecular flexibility index (Phi) is 3.55. The van der Waals surface area contributed by atoms with Gasteiger partial charge in [-0.05, 0) is 52.4 Å². The molecule has 1 aliphatic carbocycles. The van der Waals surface area contributed by atoms with Gasteiger partial charge in [-0.2, -0.15) is 0 Å². The molecule has 0 saturated heterocycles. The summed E-state index contributed by atoms with van der Waals surface area (Å²) >= 11 is 9.17. The van der Waals surface area contributed by atoms with Crippen LogP contribution in [0.1, 0.15) is 23.7 Å². The van der Waals surface area contributed by atoms with E-state index in [4.69, 9.17) is 11.6 Å². The number of rotatable bonds is 3. The standard InChI is InChI=1S/C12H13BrClNO/c1-7-4-9(7)6-15-12(16)8-2-3-11(14)10(13)5-8/h2-3,5,7,9H,4,6H2,1H3,(H,15,16). The fourth-order valence-electron chi connectivity index (χ4n) is 1.65. The third-order valence-corrected chi connectivity index (χ3v) is 4.20. The average Bonchev–Trinajstić information content (AvgIpc) is 2.95. The lowest BCUT2D eigenvalue weighted by Crippen LogP contribution is -2.25. The number of hydrogen-bond acceptors (Lipinski definition) is 1. The van der Waals surface area contributed by atoms with Crippen LogP contribution in [-0.4, -0.2) is 12.5 Å². The molecule has 4 heteroatoms. The van der Waals surface area contributed by atoms with E-state index in [0.717, 1.165) is 16.9 Å². The molecule has 1 N–H and O–H groups in total. The average molecular weight is 303 g/mol. The summed E-state index contributed by atoms with van der Waals surface area (Å²) in [5.74, 6) is 1.40. The molecular weight excluding hydrogens is 289 g/mol. The van der Waals surface area contributed by atoms with E-state index in [1.165, 1.54) is 6.42 Å². The van der Waals surface area contributed by atoms with Gasteiger partial charge in [0.25, 0.3) is 5.91 Å². The van der Waals surface area contributed by atoms with Crippen LogP contribution in [0, 0.1) is 11.8 Å². The van der Waals surface area contributed by atoms with E-state index in [-0.39, 0.29) is 5.91 Å². The van der Waals surface area contributed by atoms with Gasteiger partial charge in [-0.3, -0.25) is 4.79 Å². The minimum absolute atomic E-state index is 0.0310. The highest BCUT2D eigenvalue weighted by molar-refractivity contribution is 9.10. The highest BCUT2D eigenvalue weighted by atomic mass is 79.9. The summed E-state index contributed by atoms with van der Waals surface area (Å²) in [7, 11) is 0. The summed E-state index contributed by atoms with van der Waals surface area (Å²) < 4.78 is 0.751. The van der Waals surface area contributed by atoms with Crippen molar-refractivity contribution < 1.29 is 4.79 Å². The molecule has 2 nitrogen and oxygen atoms in total. The Morgan fingerprint density at radius 1 is 1.62 bits per heavy atom. The van der Waals surface area contributed by atoms with E-state index < -0.39 is 0 Å². The van der Waals surface area contributed by atoms with Crippen LogP contribution in [0.3, 0.4) is 0 Å². The maximum absolute atomic E-state index is 11.8. The third-order valence-electron chi connectivity index (χ3n) is 2.98. The summed E-state index contributed by atoms with van der Waals surface area (Å²) in [5, 5.41) is 3.55. The van der Waals surface area contributed by atoms with Crippen LogP contribution in [0.4, 0.5) is 0 Å². The van der Waals surface area contributed by atoms with Gasteiger partial charge in [0, 0.05) is 16.6 Å². The molecule has 2 unspecified atom stereocenters. The largest absolute Gasteiger partial charge is 0.352 e. The summed E-state index contributed by atoms with van der Waals surface area (Å²) in [4.78, 5) is 11.8. The van der Waals surface area contributed by atoms with Gasteiger partial charge >= 0.3 is 0 Å². The Morgan fingerprint density at radius 2 is 2.31 bits per heavy atom. The Labute approximate surface area is 108 Å². The molecule has 2 rings (SSSR count). The van der Waals surface area contributed by atoms with Crippen molar-refractivity contribution in [3.05, 3.63) is 33.3 Å². The summed E-state index contributed by atoms with van der Waals surface area (Å²) in [6, 6.07) is 5.20. The molecule has 0 aromatic heterocycles. The first-order chi connectivity index (χ1) is 7.58. The SMILES string of the molecule is CC1CC1CNC(=O)c1ccc(Cl)c(Br)c1. The van der Waals surface area contributed by atoms with Crippen LogP contribution in [0.15, 0.2) is 22.7 Å². The molecule has 86 valence electrons. The molecule has 16 heavy (non-hydrogen) atoms. The molecule has 0 spiro atoms. The van der Waals surface area contributed by atoms with Crippen molar-refractivity contribution in [2.75, 3.05) is 6.54 Å². The van der Waals surface area contributed by atoms with Gasteiger partial charge in [0.1, 0.15) is 0 Å². The summed E-state index contributed by atoms with van der Waals surface area (Å²) in [6.07, 6.45) is 1.23. The molecule has 1 aromatic rings. The Hall–Kier alpha value is -0.540. The first-order valence-corrected chi connectivity index (χ1v) is 6.48. The summed E-state index contributed by atoms with van der Waals surface area (Å²) in [6.45, 7) is 2.98. The van der Waals surface area contributed by atoms with Gasteiger partial charge in [0.2, 0.25) is 0 Å². The smallest absolute Gasteiger partial charge is 0.251 e. The van der Waals surface area contributed by atoms with Crippen LogP contribution in [-0.2, 0) is 0 Å². The molecule has 0 radical (unpaired) electrons. The van der Waals surface area contributed by atoms with Crippen molar-refractivity contribution in [3.63, 3.8) is 0 Å².